The van der Waals surface area contributed by atoms with Crippen molar-refractivity contribution in [3.63, 3.8) is 0 Å². The Balaban J connectivity index is 1.78. The Bertz CT molecular complexity index is 612. The Morgan fingerprint density at radius 3 is 2.62 bits per heavy atom. The van der Waals surface area contributed by atoms with Gasteiger partial charge in [-0.25, -0.2) is 9.59 Å². The molecule has 112 valence electrons. The first-order chi connectivity index (χ1) is 9.95. The van der Waals surface area contributed by atoms with Gasteiger partial charge in [-0.05, 0) is 62.3 Å². The van der Waals surface area contributed by atoms with E-state index in [9.17, 15) is 14.7 Å². The second-order valence-corrected chi connectivity index (χ2v) is 6.19. The smallest absolute Gasteiger partial charge is 0.336 e. The highest BCUT2D eigenvalue weighted by Gasteiger charge is 2.40. The molecule has 2 amide bonds. The third kappa shape index (κ3) is 2.48. The predicted molar refractivity (Wildman–Crippen MR) is 79.7 cm³/mol. The Morgan fingerprint density at radius 2 is 2.05 bits per heavy atom. The fraction of sp³-hybridized carbons (Fsp3) is 0.500. The van der Waals surface area contributed by atoms with Gasteiger partial charge in [-0.1, -0.05) is 0 Å². The summed E-state index contributed by atoms with van der Waals surface area (Å²) in [6.07, 6.45) is 3.42. The van der Waals surface area contributed by atoms with Crippen molar-refractivity contribution < 1.29 is 14.7 Å². The van der Waals surface area contributed by atoms with Gasteiger partial charge in [-0.2, -0.15) is 0 Å². The minimum absolute atomic E-state index is 0.109. The zero-order chi connectivity index (χ0) is 15.1. The van der Waals surface area contributed by atoms with E-state index in [4.69, 9.17) is 0 Å². The van der Waals surface area contributed by atoms with Gasteiger partial charge in [0, 0.05) is 18.3 Å². The number of carbonyl (C=O) groups excluding carboxylic acids is 1. The number of nitrogens with zero attached hydrogens (tertiary/aromatic N) is 1. The van der Waals surface area contributed by atoms with Crippen LogP contribution in [0.4, 0.5) is 10.5 Å². The minimum Gasteiger partial charge on any atom is -0.478 e. The standard InChI is InChI=1S/C16H20N2O3/c1-9-5-12(7-14(10(9)2)15(19)20)17-16(21)18-8-11-3-4-13(18)6-11/h5,7,11,13H,3-4,6,8H2,1-2H3,(H,17,21)(H,19,20). The lowest BCUT2D eigenvalue weighted by Crippen LogP contribution is -2.40. The number of fused-ring (bicyclic) bond motifs is 2. The number of rotatable bonds is 2. The number of hydrogen-bond donors (Lipinski definition) is 2. The van der Waals surface area contributed by atoms with Crippen molar-refractivity contribution in [1.82, 2.24) is 4.90 Å². The van der Waals surface area contributed by atoms with E-state index in [1.807, 2.05) is 17.9 Å². The molecule has 1 aromatic carbocycles. The van der Waals surface area contributed by atoms with E-state index < -0.39 is 5.97 Å². The molecule has 0 aromatic heterocycles. The lowest BCUT2D eigenvalue weighted by molar-refractivity contribution is 0.0696. The minimum atomic E-state index is -0.966. The van der Waals surface area contributed by atoms with Crippen LogP contribution in [0.1, 0.15) is 40.7 Å². The maximum atomic E-state index is 12.3. The number of carbonyl (C=O) groups is 2. The SMILES string of the molecule is Cc1cc(NC(=O)N2CC3CCC2C3)cc(C(=O)O)c1C. The van der Waals surface area contributed by atoms with Crippen molar-refractivity contribution >= 4 is 17.7 Å². The summed E-state index contributed by atoms with van der Waals surface area (Å²) in [6, 6.07) is 3.62. The van der Waals surface area contributed by atoms with Crippen LogP contribution in [0.15, 0.2) is 12.1 Å². The maximum Gasteiger partial charge on any atom is 0.336 e. The molecule has 5 nitrogen and oxygen atoms in total. The Kier molecular flexibility index (Phi) is 3.35. The van der Waals surface area contributed by atoms with Crippen molar-refractivity contribution in [2.45, 2.75) is 39.2 Å². The molecular formula is C16H20N2O3. The first-order valence-corrected chi connectivity index (χ1v) is 7.38. The van der Waals surface area contributed by atoms with Crippen molar-refractivity contribution in [3.8, 4) is 0 Å². The van der Waals surface area contributed by atoms with E-state index >= 15 is 0 Å². The first-order valence-electron chi connectivity index (χ1n) is 7.38. The van der Waals surface area contributed by atoms with E-state index in [2.05, 4.69) is 5.32 Å². The number of aryl methyl sites for hydroxylation is 1. The molecule has 2 unspecified atom stereocenters. The molecule has 1 saturated carbocycles. The molecule has 2 N–H and O–H groups in total. The van der Waals surface area contributed by atoms with Crippen LogP contribution in [-0.2, 0) is 0 Å². The fourth-order valence-corrected chi connectivity index (χ4v) is 3.52. The van der Waals surface area contributed by atoms with E-state index in [1.54, 1.807) is 6.92 Å². The largest absolute Gasteiger partial charge is 0.478 e. The van der Waals surface area contributed by atoms with E-state index in [0.29, 0.717) is 17.6 Å². The van der Waals surface area contributed by atoms with E-state index in [1.165, 1.54) is 12.5 Å². The highest BCUT2D eigenvalue weighted by Crippen LogP contribution is 2.37. The molecule has 2 fully saturated rings. The van der Waals surface area contributed by atoms with Crippen LogP contribution < -0.4 is 5.32 Å². The third-order valence-electron chi connectivity index (χ3n) is 4.82. The van der Waals surface area contributed by atoms with Crippen molar-refractivity contribution in [2.75, 3.05) is 11.9 Å². The number of anilines is 1. The summed E-state index contributed by atoms with van der Waals surface area (Å²) >= 11 is 0. The lowest BCUT2D eigenvalue weighted by atomic mass is 10.0. The van der Waals surface area contributed by atoms with Crippen LogP contribution in [0.3, 0.4) is 0 Å². The topological polar surface area (TPSA) is 69.6 Å². The molecule has 0 spiro atoms. The molecule has 3 rings (SSSR count). The Hall–Kier alpha value is -2.04. The summed E-state index contributed by atoms with van der Waals surface area (Å²) in [5.74, 6) is -0.318. The van der Waals surface area contributed by atoms with Crippen LogP contribution in [0.2, 0.25) is 0 Å². The Morgan fingerprint density at radius 1 is 1.29 bits per heavy atom. The second kappa shape index (κ2) is 5.06. The van der Waals surface area contributed by atoms with Crippen LogP contribution >= 0.6 is 0 Å². The summed E-state index contributed by atoms with van der Waals surface area (Å²) in [6.45, 7) is 4.46. The molecule has 1 aliphatic heterocycles. The summed E-state index contributed by atoms with van der Waals surface area (Å²) in [4.78, 5) is 25.5. The molecule has 2 atom stereocenters. The molecule has 1 aromatic rings. The molecule has 1 heterocycles. The van der Waals surface area contributed by atoms with Gasteiger partial charge in [0.2, 0.25) is 0 Å². The average Bonchev–Trinajstić information content (AvgIpc) is 3.04. The van der Waals surface area contributed by atoms with Gasteiger partial charge < -0.3 is 15.3 Å². The van der Waals surface area contributed by atoms with E-state index in [-0.39, 0.29) is 11.6 Å². The normalized spacial score (nSPS) is 23.4. The van der Waals surface area contributed by atoms with Gasteiger partial charge in [0.15, 0.2) is 0 Å². The highest BCUT2D eigenvalue weighted by atomic mass is 16.4. The van der Waals surface area contributed by atoms with Gasteiger partial charge in [-0.3, -0.25) is 0 Å². The number of amides is 2. The quantitative estimate of drug-likeness (QED) is 0.879. The number of piperidine rings is 1. The third-order valence-corrected chi connectivity index (χ3v) is 4.82. The number of carboxylic acids is 1. The molecule has 1 aliphatic carbocycles. The fourth-order valence-electron chi connectivity index (χ4n) is 3.52. The summed E-state index contributed by atoms with van der Waals surface area (Å²) in [5.41, 5.74) is 2.41. The van der Waals surface area contributed by atoms with Crippen molar-refractivity contribution in [1.29, 1.82) is 0 Å². The van der Waals surface area contributed by atoms with Crippen LogP contribution in [-0.4, -0.2) is 34.6 Å². The average molecular weight is 288 g/mol. The zero-order valence-electron chi connectivity index (χ0n) is 12.3. The molecule has 21 heavy (non-hydrogen) atoms. The number of urea groups is 1. The summed E-state index contributed by atoms with van der Waals surface area (Å²) in [7, 11) is 0. The first kappa shape index (κ1) is 13.9. The molecule has 2 bridgehead atoms. The lowest BCUT2D eigenvalue weighted by Gasteiger charge is -2.27. The highest BCUT2D eigenvalue weighted by molar-refractivity contribution is 5.94. The van der Waals surface area contributed by atoms with Crippen LogP contribution in [0.5, 0.6) is 0 Å². The molecule has 1 saturated heterocycles. The number of likely N-dealkylation sites (tertiary alicyclic amines) is 1. The number of carboxylic acid groups (broad SMARTS) is 1. The number of nitrogens with one attached hydrogen (secondary N) is 1. The van der Waals surface area contributed by atoms with E-state index in [0.717, 1.165) is 30.5 Å². The predicted octanol–water partition coefficient (Wildman–Crippen LogP) is 3.02. The van der Waals surface area contributed by atoms with Gasteiger partial charge in [0.25, 0.3) is 0 Å². The van der Waals surface area contributed by atoms with Crippen LogP contribution in [0.25, 0.3) is 0 Å². The second-order valence-electron chi connectivity index (χ2n) is 6.19. The molecule has 5 heteroatoms. The van der Waals surface area contributed by atoms with Gasteiger partial charge in [0.05, 0.1) is 5.56 Å². The zero-order valence-corrected chi connectivity index (χ0v) is 12.3. The molecular weight excluding hydrogens is 268 g/mol. The summed E-state index contributed by atoms with van der Waals surface area (Å²) < 4.78 is 0. The number of hydrogen-bond acceptors (Lipinski definition) is 2. The maximum absolute atomic E-state index is 12.3. The van der Waals surface area contributed by atoms with Crippen LogP contribution in [0, 0.1) is 19.8 Å². The Labute approximate surface area is 123 Å². The monoisotopic (exact) mass is 288 g/mol. The number of aromatic carboxylic acids is 1. The molecule has 2 aliphatic rings. The number of benzene rings is 1. The van der Waals surface area contributed by atoms with Crippen molar-refractivity contribution in [2.24, 2.45) is 5.92 Å². The van der Waals surface area contributed by atoms with Gasteiger partial charge in [-0.15, -0.1) is 0 Å². The van der Waals surface area contributed by atoms with Gasteiger partial charge >= 0.3 is 12.0 Å². The van der Waals surface area contributed by atoms with Gasteiger partial charge in [0.1, 0.15) is 0 Å². The molecule has 0 radical (unpaired) electrons. The van der Waals surface area contributed by atoms with Crippen molar-refractivity contribution in [3.05, 3.63) is 28.8 Å². The summed E-state index contributed by atoms with van der Waals surface area (Å²) in [5, 5.41) is 12.1.